The van der Waals surface area contributed by atoms with Gasteiger partial charge in [-0.3, -0.25) is 24.4 Å². The van der Waals surface area contributed by atoms with E-state index in [0.29, 0.717) is 66.3 Å². The molecule has 4 aromatic rings. The van der Waals surface area contributed by atoms with Gasteiger partial charge in [0.1, 0.15) is 11.4 Å². The van der Waals surface area contributed by atoms with Gasteiger partial charge in [-0.15, -0.1) is 0 Å². The second-order valence-corrected chi connectivity index (χ2v) is 9.43. The standard InChI is InChI=1S/C29H37N11O3/c1-30-28(31-2)36-11-9-34-25(41)18-6-8-21-19(13-18)15-24(39-21)27(43)38-20-7-5-17-14-23(40-22(17)16-20)26(42)35-10-12-37-29(32-3)33-4/h5-8,13-16,39-40H,9-12H2,1-4H3,(H,34,41)(H,35,42)(H,38,43)(H2,30,31,36)(H2,32,33,37). The second-order valence-electron chi connectivity index (χ2n) is 9.43. The Labute approximate surface area is 248 Å². The summed E-state index contributed by atoms with van der Waals surface area (Å²) in [5.41, 5.74) is 3.27. The number of aromatic amines is 2. The number of carbonyl (C=O) groups is 3. The molecule has 0 atom stereocenters. The highest BCUT2D eigenvalue weighted by Crippen LogP contribution is 2.22. The molecule has 0 fully saturated rings. The average molecular weight is 588 g/mol. The number of hydrogen-bond donors (Lipinski definition) is 9. The van der Waals surface area contributed by atoms with Gasteiger partial charge in [0.2, 0.25) is 0 Å². The molecule has 14 nitrogen and oxygen atoms in total. The van der Waals surface area contributed by atoms with Gasteiger partial charge in [0, 0.05) is 87.4 Å². The zero-order chi connectivity index (χ0) is 30.8. The molecule has 0 spiro atoms. The van der Waals surface area contributed by atoms with Gasteiger partial charge in [-0.1, -0.05) is 6.07 Å². The number of benzene rings is 2. The van der Waals surface area contributed by atoms with E-state index in [4.69, 9.17) is 0 Å². The molecule has 2 aromatic carbocycles. The van der Waals surface area contributed by atoms with Gasteiger partial charge in [-0.25, -0.2) is 0 Å². The van der Waals surface area contributed by atoms with Gasteiger partial charge >= 0.3 is 0 Å². The van der Waals surface area contributed by atoms with E-state index in [1.54, 1.807) is 70.7 Å². The van der Waals surface area contributed by atoms with Crippen molar-refractivity contribution in [3.63, 3.8) is 0 Å². The van der Waals surface area contributed by atoms with E-state index in [2.05, 4.69) is 57.2 Å². The van der Waals surface area contributed by atoms with Crippen molar-refractivity contribution in [3.8, 4) is 0 Å². The molecule has 14 heteroatoms. The van der Waals surface area contributed by atoms with E-state index in [1.807, 2.05) is 6.07 Å². The van der Waals surface area contributed by atoms with Crippen LogP contribution in [0.4, 0.5) is 5.69 Å². The van der Waals surface area contributed by atoms with Gasteiger partial charge in [0.15, 0.2) is 11.9 Å². The minimum atomic E-state index is -0.334. The van der Waals surface area contributed by atoms with E-state index >= 15 is 0 Å². The Morgan fingerprint density at radius 3 is 1.86 bits per heavy atom. The Morgan fingerprint density at radius 1 is 0.628 bits per heavy atom. The third kappa shape index (κ3) is 7.81. The van der Waals surface area contributed by atoms with Crippen molar-refractivity contribution < 1.29 is 14.4 Å². The third-order valence-corrected chi connectivity index (χ3v) is 6.58. The molecular formula is C29H37N11O3. The number of anilines is 1. The van der Waals surface area contributed by atoms with Crippen LogP contribution in [0.5, 0.6) is 0 Å². The fourth-order valence-electron chi connectivity index (χ4n) is 4.39. The zero-order valence-corrected chi connectivity index (χ0v) is 24.6. The fraction of sp³-hybridized carbons (Fsp3) is 0.276. The summed E-state index contributed by atoms with van der Waals surface area (Å²) in [4.78, 5) is 52.5. The number of nitrogens with zero attached hydrogens (tertiary/aromatic N) is 2. The molecule has 0 aliphatic heterocycles. The summed E-state index contributed by atoms with van der Waals surface area (Å²) in [6, 6.07) is 14.1. The van der Waals surface area contributed by atoms with Crippen LogP contribution in [-0.2, 0) is 0 Å². The van der Waals surface area contributed by atoms with Crippen molar-refractivity contribution in [2.45, 2.75) is 0 Å². The van der Waals surface area contributed by atoms with Gasteiger partial charge < -0.3 is 47.2 Å². The smallest absolute Gasteiger partial charge is 0.272 e. The molecule has 0 saturated heterocycles. The molecule has 226 valence electrons. The Hall–Kier alpha value is -5.53. The second kappa shape index (κ2) is 14.4. The van der Waals surface area contributed by atoms with Gasteiger partial charge in [-0.05, 0) is 42.5 Å². The number of aliphatic imine (C=N–C) groups is 2. The van der Waals surface area contributed by atoms with E-state index < -0.39 is 0 Å². The van der Waals surface area contributed by atoms with Gasteiger partial charge in [-0.2, -0.15) is 0 Å². The van der Waals surface area contributed by atoms with Crippen LogP contribution in [0.3, 0.4) is 0 Å². The lowest BCUT2D eigenvalue weighted by molar-refractivity contribution is 0.0944. The van der Waals surface area contributed by atoms with Gasteiger partial charge in [0.05, 0.1) is 0 Å². The molecule has 0 aliphatic rings. The largest absolute Gasteiger partial charge is 0.359 e. The SMILES string of the molecule is CN=C(NC)NCCNC(=O)c1ccc2[nH]c(C(=O)Nc3ccc4cc(C(=O)NCCNC(=NC)NC)[nH]c4c3)cc2c1. The van der Waals surface area contributed by atoms with Crippen molar-refractivity contribution >= 4 is 57.1 Å². The number of aromatic nitrogens is 2. The molecule has 0 aliphatic carbocycles. The highest BCUT2D eigenvalue weighted by atomic mass is 16.2. The number of guanidine groups is 2. The van der Waals surface area contributed by atoms with E-state index in [1.165, 1.54) is 0 Å². The monoisotopic (exact) mass is 587 g/mol. The van der Waals surface area contributed by atoms with Crippen LogP contribution in [0.15, 0.2) is 58.5 Å². The Kier molecular flexibility index (Phi) is 10.2. The summed E-state index contributed by atoms with van der Waals surface area (Å²) in [6.07, 6.45) is 0. The lowest BCUT2D eigenvalue weighted by atomic mass is 10.1. The summed E-state index contributed by atoms with van der Waals surface area (Å²) in [5.74, 6) is 0.494. The zero-order valence-electron chi connectivity index (χ0n) is 24.6. The summed E-state index contributed by atoms with van der Waals surface area (Å²) in [7, 11) is 6.86. The summed E-state index contributed by atoms with van der Waals surface area (Å²) in [6.45, 7) is 1.86. The normalized spacial score (nSPS) is 11.7. The molecule has 2 aromatic heterocycles. The number of nitrogens with one attached hydrogen (secondary N) is 9. The van der Waals surface area contributed by atoms with Crippen molar-refractivity contribution in [1.29, 1.82) is 0 Å². The van der Waals surface area contributed by atoms with Crippen molar-refractivity contribution in [1.82, 2.24) is 41.9 Å². The van der Waals surface area contributed by atoms with Crippen LogP contribution in [0, 0.1) is 0 Å². The van der Waals surface area contributed by atoms with E-state index in [-0.39, 0.29) is 17.7 Å². The molecule has 0 saturated carbocycles. The lowest BCUT2D eigenvalue weighted by Gasteiger charge is -2.09. The Bertz CT molecular complexity index is 1670. The highest BCUT2D eigenvalue weighted by Gasteiger charge is 2.14. The average Bonchev–Trinajstić information content (AvgIpc) is 3.65. The number of carbonyl (C=O) groups excluding carboxylic acids is 3. The van der Waals surface area contributed by atoms with Crippen LogP contribution in [0.1, 0.15) is 31.3 Å². The molecule has 0 unspecified atom stereocenters. The maximum absolute atomic E-state index is 13.0. The molecular weight excluding hydrogens is 550 g/mol. The Balaban J connectivity index is 1.34. The number of H-pyrrole nitrogens is 2. The maximum atomic E-state index is 13.0. The van der Waals surface area contributed by atoms with Crippen LogP contribution in [0.2, 0.25) is 0 Å². The summed E-state index contributed by atoms with van der Waals surface area (Å²) in [5, 5.41) is 22.1. The number of hydrogen-bond acceptors (Lipinski definition) is 5. The number of amides is 3. The molecule has 0 bridgehead atoms. The van der Waals surface area contributed by atoms with Crippen molar-refractivity contribution in [2.75, 3.05) is 59.7 Å². The first kappa shape index (κ1) is 30.4. The Morgan fingerprint density at radius 2 is 1.21 bits per heavy atom. The highest BCUT2D eigenvalue weighted by molar-refractivity contribution is 6.08. The van der Waals surface area contributed by atoms with E-state index in [9.17, 15) is 14.4 Å². The first-order chi connectivity index (χ1) is 20.8. The maximum Gasteiger partial charge on any atom is 0.272 e. The quantitative estimate of drug-likeness (QED) is 0.0749. The molecule has 9 N–H and O–H groups in total. The molecule has 43 heavy (non-hydrogen) atoms. The first-order valence-corrected chi connectivity index (χ1v) is 13.7. The van der Waals surface area contributed by atoms with Crippen molar-refractivity contribution in [2.24, 2.45) is 9.98 Å². The first-order valence-electron chi connectivity index (χ1n) is 13.7. The summed E-state index contributed by atoms with van der Waals surface area (Å²) >= 11 is 0. The topological polar surface area (TPSA) is 192 Å². The fourth-order valence-corrected chi connectivity index (χ4v) is 4.39. The number of fused-ring (bicyclic) bond motifs is 2. The minimum absolute atomic E-state index is 0.215. The predicted molar refractivity (Wildman–Crippen MR) is 170 cm³/mol. The van der Waals surface area contributed by atoms with Crippen LogP contribution < -0.4 is 37.2 Å². The third-order valence-electron chi connectivity index (χ3n) is 6.58. The van der Waals surface area contributed by atoms with Crippen LogP contribution >= 0.6 is 0 Å². The predicted octanol–water partition coefficient (Wildman–Crippen LogP) is 0.951. The van der Waals surface area contributed by atoms with E-state index in [0.717, 1.165) is 16.3 Å². The summed E-state index contributed by atoms with van der Waals surface area (Å²) < 4.78 is 0. The lowest BCUT2D eigenvalue weighted by Crippen LogP contribution is -2.40. The molecule has 2 heterocycles. The molecule has 0 radical (unpaired) electrons. The van der Waals surface area contributed by atoms with Gasteiger partial charge in [0.25, 0.3) is 17.7 Å². The number of rotatable bonds is 10. The van der Waals surface area contributed by atoms with Crippen LogP contribution in [-0.4, -0.2) is 94.0 Å². The van der Waals surface area contributed by atoms with Crippen LogP contribution in [0.25, 0.3) is 21.8 Å². The molecule has 4 rings (SSSR count). The molecule has 3 amide bonds. The van der Waals surface area contributed by atoms with Crippen molar-refractivity contribution in [3.05, 3.63) is 65.5 Å². The minimum Gasteiger partial charge on any atom is -0.359 e.